The van der Waals surface area contributed by atoms with E-state index in [1.54, 1.807) is 0 Å². The highest BCUT2D eigenvalue weighted by molar-refractivity contribution is 5.98. The maximum absolute atomic E-state index is 13.1. The molecular formula is C28H38N4O2. The van der Waals surface area contributed by atoms with Gasteiger partial charge in [0.1, 0.15) is 0 Å². The van der Waals surface area contributed by atoms with E-state index in [1.807, 2.05) is 54.3 Å². The van der Waals surface area contributed by atoms with Gasteiger partial charge in [-0.3, -0.25) is 19.4 Å². The number of benzene rings is 2. The molecular weight excluding hydrogens is 424 g/mol. The summed E-state index contributed by atoms with van der Waals surface area (Å²) in [5, 5.41) is 3.15. The second kappa shape index (κ2) is 11.2. The molecule has 6 heteroatoms. The summed E-state index contributed by atoms with van der Waals surface area (Å²) in [6.07, 6.45) is 1.21. The molecule has 2 aliphatic heterocycles. The number of piperidine rings is 1. The predicted molar refractivity (Wildman–Crippen MR) is 138 cm³/mol. The average Bonchev–Trinajstić information content (AvgIpc) is 2.84. The second-order valence-corrected chi connectivity index (χ2v) is 10.1. The van der Waals surface area contributed by atoms with Gasteiger partial charge in [-0.05, 0) is 36.8 Å². The van der Waals surface area contributed by atoms with Crippen molar-refractivity contribution in [1.29, 1.82) is 0 Å². The van der Waals surface area contributed by atoms with Crippen molar-refractivity contribution in [1.82, 2.24) is 14.7 Å². The first kappa shape index (κ1) is 24.4. The summed E-state index contributed by atoms with van der Waals surface area (Å²) >= 11 is 0. The van der Waals surface area contributed by atoms with E-state index >= 15 is 0 Å². The maximum atomic E-state index is 13.1. The molecule has 34 heavy (non-hydrogen) atoms. The topological polar surface area (TPSA) is 55.9 Å². The molecule has 2 amide bonds. The van der Waals surface area contributed by atoms with Crippen molar-refractivity contribution in [2.75, 3.05) is 51.1 Å². The molecule has 0 aromatic heterocycles. The van der Waals surface area contributed by atoms with Gasteiger partial charge in [0.2, 0.25) is 11.8 Å². The number of hydrogen-bond acceptors (Lipinski definition) is 4. The number of likely N-dealkylation sites (tertiary alicyclic amines) is 1. The van der Waals surface area contributed by atoms with Crippen molar-refractivity contribution in [2.45, 2.75) is 33.2 Å². The molecule has 0 saturated carbocycles. The molecule has 2 saturated heterocycles. The molecule has 0 bridgehead atoms. The van der Waals surface area contributed by atoms with E-state index in [0.29, 0.717) is 18.4 Å². The summed E-state index contributed by atoms with van der Waals surface area (Å²) in [5.41, 5.74) is 2.94. The van der Waals surface area contributed by atoms with Crippen LogP contribution in [0.1, 0.15) is 27.2 Å². The van der Waals surface area contributed by atoms with Gasteiger partial charge < -0.3 is 10.2 Å². The van der Waals surface area contributed by atoms with E-state index < -0.39 is 0 Å². The average molecular weight is 463 g/mol. The van der Waals surface area contributed by atoms with Gasteiger partial charge in [-0.1, -0.05) is 62.4 Å². The predicted octanol–water partition coefficient (Wildman–Crippen LogP) is 3.80. The highest BCUT2D eigenvalue weighted by Gasteiger charge is 2.29. The summed E-state index contributed by atoms with van der Waals surface area (Å²) in [7, 11) is 0. The van der Waals surface area contributed by atoms with Gasteiger partial charge in [0.25, 0.3) is 0 Å². The number of piperazine rings is 1. The zero-order valence-electron chi connectivity index (χ0n) is 20.7. The summed E-state index contributed by atoms with van der Waals surface area (Å²) in [4.78, 5) is 32.4. The van der Waals surface area contributed by atoms with Gasteiger partial charge in [-0.25, -0.2) is 0 Å². The highest BCUT2D eigenvalue weighted by atomic mass is 16.2. The standard InChI is InChI=1S/C28H38N4O2/c1-21-17-22(2)19-32(18-21)27(33)20-30-13-15-31(16-14-30)23(3)28(34)29-26-12-8-7-11-25(26)24-9-5-4-6-10-24/h4-12,21-23H,13-20H2,1-3H3,(H,29,34)/t21-,22+,23-/m1/s1. The first-order valence-electron chi connectivity index (χ1n) is 12.6. The van der Waals surface area contributed by atoms with E-state index in [9.17, 15) is 9.59 Å². The molecule has 3 atom stereocenters. The van der Waals surface area contributed by atoms with Gasteiger partial charge >= 0.3 is 0 Å². The highest BCUT2D eigenvalue weighted by Crippen LogP contribution is 2.28. The molecule has 6 nitrogen and oxygen atoms in total. The lowest BCUT2D eigenvalue weighted by molar-refractivity contribution is -0.136. The Bertz CT molecular complexity index is 961. The van der Waals surface area contributed by atoms with Gasteiger partial charge in [-0.2, -0.15) is 0 Å². The lowest BCUT2D eigenvalue weighted by Crippen LogP contribution is -2.55. The first-order chi connectivity index (χ1) is 16.4. The minimum absolute atomic E-state index is 0.00389. The van der Waals surface area contributed by atoms with Gasteiger partial charge in [0, 0.05) is 50.5 Å². The summed E-state index contributed by atoms with van der Waals surface area (Å²) in [6, 6.07) is 17.8. The molecule has 4 rings (SSSR count). The minimum Gasteiger partial charge on any atom is -0.341 e. The normalized spacial score (nSPS) is 22.9. The summed E-state index contributed by atoms with van der Waals surface area (Å²) in [5.74, 6) is 1.41. The number of nitrogens with one attached hydrogen (secondary N) is 1. The van der Waals surface area contributed by atoms with Crippen molar-refractivity contribution in [3.8, 4) is 11.1 Å². The molecule has 0 unspecified atom stereocenters. The largest absolute Gasteiger partial charge is 0.341 e. The maximum Gasteiger partial charge on any atom is 0.241 e. The quantitative estimate of drug-likeness (QED) is 0.710. The first-order valence-corrected chi connectivity index (χ1v) is 12.6. The van der Waals surface area contributed by atoms with Crippen LogP contribution >= 0.6 is 0 Å². The van der Waals surface area contributed by atoms with Crippen LogP contribution < -0.4 is 5.32 Å². The number of amides is 2. The molecule has 2 aliphatic rings. The van der Waals surface area contributed by atoms with Crippen LogP contribution in [0.25, 0.3) is 11.1 Å². The fourth-order valence-corrected chi connectivity index (χ4v) is 5.33. The summed E-state index contributed by atoms with van der Waals surface area (Å²) < 4.78 is 0. The number of nitrogens with zero attached hydrogens (tertiary/aromatic N) is 3. The van der Waals surface area contributed by atoms with Crippen molar-refractivity contribution in [2.24, 2.45) is 11.8 Å². The molecule has 2 aromatic rings. The fraction of sp³-hybridized carbons (Fsp3) is 0.500. The van der Waals surface area contributed by atoms with E-state index in [1.165, 1.54) is 6.42 Å². The van der Waals surface area contributed by atoms with Crippen molar-refractivity contribution in [3.63, 3.8) is 0 Å². The Hall–Kier alpha value is -2.70. The van der Waals surface area contributed by atoms with Gasteiger partial charge in [0.15, 0.2) is 0 Å². The Morgan fingerprint density at radius 1 is 0.912 bits per heavy atom. The molecule has 2 aromatic carbocycles. The number of carbonyl (C=O) groups excluding carboxylic acids is 2. The lowest BCUT2D eigenvalue weighted by Gasteiger charge is -2.39. The number of hydrogen-bond donors (Lipinski definition) is 1. The number of para-hydroxylation sites is 1. The van der Waals surface area contributed by atoms with Gasteiger partial charge in [-0.15, -0.1) is 0 Å². The SMILES string of the molecule is C[C@@H]1C[C@H](C)CN(C(=O)CN2CCN([C@H](C)C(=O)Nc3ccccc3-c3ccccc3)CC2)C1. The van der Waals surface area contributed by atoms with Crippen LogP contribution in [0.4, 0.5) is 5.69 Å². The molecule has 0 spiro atoms. The molecule has 0 aliphatic carbocycles. The van der Waals surface area contributed by atoms with Crippen LogP contribution in [0.5, 0.6) is 0 Å². The zero-order chi connectivity index (χ0) is 24.1. The number of anilines is 1. The van der Waals surface area contributed by atoms with Crippen LogP contribution in [0.3, 0.4) is 0 Å². The molecule has 182 valence electrons. The number of rotatable bonds is 6. The van der Waals surface area contributed by atoms with E-state index in [0.717, 1.165) is 56.1 Å². The molecule has 2 heterocycles. The smallest absolute Gasteiger partial charge is 0.241 e. The van der Waals surface area contributed by atoms with E-state index in [2.05, 4.69) is 41.1 Å². The van der Waals surface area contributed by atoms with E-state index in [-0.39, 0.29) is 17.9 Å². The van der Waals surface area contributed by atoms with Gasteiger partial charge in [0.05, 0.1) is 12.6 Å². The molecule has 1 N–H and O–H groups in total. The Morgan fingerprint density at radius 2 is 1.53 bits per heavy atom. The Labute approximate surface area is 203 Å². The van der Waals surface area contributed by atoms with Crippen molar-refractivity contribution < 1.29 is 9.59 Å². The van der Waals surface area contributed by atoms with Crippen molar-refractivity contribution in [3.05, 3.63) is 54.6 Å². The number of carbonyl (C=O) groups is 2. The monoisotopic (exact) mass is 462 g/mol. The van der Waals surface area contributed by atoms with Crippen LogP contribution in [0, 0.1) is 11.8 Å². The van der Waals surface area contributed by atoms with Crippen LogP contribution in [-0.2, 0) is 9.59 Å². The third-order valence-corrected chi connectivity index (χ3v) is 7.18. The third-order valence-electron chi connectivity index (χ3n) is 7.18. The molecule has 0 radical (unpaired) electrons. The van der Waals surface area contributed by atoms with Crippen LogP contribution in [0.2, 0.25) is 0 Å². The Kier molecular flexibility index (Phi) is 8.01. The Balaban J connectivity index is 1.29. The fourth-order valence-electron chi connectivity index (χ4n) is 5.33. The lowest BCUT2D eigenvalue weighted by atomic mass is 9.92. The Morgan fingerprint density at radius 3 is 2.21 bits per heavy atom. The third kappa shape index (κ3) is 6.05. The van der Waals surface area contributed by atoms with Crippen LogP contribution in [0.15, 0.2) is 54.6 Å². The van der Waals surface area contributed by atoms with E-state index in [4.69, 9.17) is 0 Å². The summed E-state index contributed by atoms with van der Waals surface area (Å²) in [6.45, 7) is 11.9. The van der Waals surface area contributed by atoms with Crippen molar-refractivity contribution >= 4 is 17.5 Å². The second-order valence-electron chi connectivity index (χ2n) is 10.1. The zero-order valence-corrected chi connectivity index (χ0v) is 20.7. The van der Waals surface area contributed by atoms with Crippen LogP contribution in [-0.4, -0.2) is 78.4 Å². The molecule has 2 fully saturated rings. The minimum atomic E-state index is -0.231.